The lowest BCUT2D eigenvalue weighted by Crippen LogP contribution is -2.42. The molecule has 1 aliphatic heterocycles. The van der Waals surface area contributed by atoms with Crippen LogP contribution < -0.4 is 4.74 Å². The Labute approximate surface area is 181 Å². The lowest BCUT2D eigenvalue weighted by molar-refractivity contribution is -0.134. The van der Waals surface area contributed by atoms with Crippen LogP contribution in [0.4, 0.5) is 0 Å². The Hall–Kier alpha value is -3.67. The van der Waals surface area contributed by atoms with Crippen LogP contribution in [-0.2, 0) is 4.79 Å². The largest absolute Gasteiger partial charge is 0.483 e. The topological polar surface area (TPSA) is 59.7 Å². The molecule has 3 heterocycles. The number of piperidine rings is 1. The second-order valence-electron chi connectivity index (χ2n) is 7.82. The summed E-state index contributed by atoms with van der Waals surface area (Å²) >= 11 is 0. The van der Waals surface area contributed by atoms with Crippen molar-refractivity contribution in [2.24, 2.45) is 0 Å². The Bertz CT molecular complexity index is 1190. The minimum Gasteiger partial charge on any atom is -0.483 e. The van der Waals surface area contributed by atoms with Crippen LogP contribution in [0, 0.1) is 0 Å². The first-order valence-corrected chi connectivity index (χ1v) is 10.6. The summed E-state index contributed by atoms with van der Waals surface area (Å²) in [4.78, 5) is 14.8. The van der Waals surface area contributed by atoms with Crippen LogP contribution in [0.5, 0.6) is 5.75 Å². The van der Waals surface area contributed by atoms with Gasteiger partial charge >= 0.3 is 0 Å². The molecular weight excluding hydrogens is 388 g/mol. The molecule has 0 aliphatic carbocycles. The maximum Gasteiger partial charge on any atom is 0.260 e. The lowest BCUT2D eigenvalue weighted by atomic mass is 9.97. The van der Waals surface area contributed by atoms with E-state index in [2.05, 4.69) is 10.2 Å². The number of nitrogens with zero attached hydrogens (tertiary/aromatic N) is 4. The van der Waals surface area contributed by atoms with Gasteiger partial charge in [0.25, 0.3) is 5.91 Å². The molecule has 31 heavy (non-hydrogen) atoms. The molecule has 1 fully saturated rings. The third-order valence-corrected chi connectivity index (χ3v) is 5.80. The zero-order valence-electron chi connectivity index (χ0n) is 17.2. The van der Waals surface area contributed by atoms with Crippen LogP contribution >= 0.6 is 0 Å². The van der Waals surface area contributed by atoms with Crippen LogP contribution in [0.2, 0.25) is 0 Å². The van der Waals surface area contributed by atoms with E-state index < -0.39 is 0 Å². The van der Waals surface area contributed by atoms with Crippen LogP contribution in [0.25, 0.3) is 16.8 Å². The van der Waals surface area contributed by atoms with Crippen molar-refractivity contribution in [1.82, 2.24) is 19.5 Å². The number of benzene rings is 2. The number of hydrogen-bond donors (Lipinski definition) is 0. The Balaban J connectivity index is 1.27. The van der Waals surface area contributed by atoms with Gasteiger partial charge in [0.15, 0.2) is 12.3 Å². The molecule has 5 rings (SSSR count). The van der Waals surface area contributed by atoms with Crippen LogP contribution in [0.1, 0.15) is 24.6 Å². The van der Waals surface area contributed by atoms with Gasteiger partial charge in [-0.25, -0.2) is 0 Å². The minimum absolute atomic E-state index is 0.00128. The highest BCUT2D eigenvalue weighted by Crippen LogP contribution is 2.30. The Morgan fingerprint density at radius 3 is 2.68 bits per heavy atom. The van der Waals surface area contributed by atoms with Gasteiger partial charge in [0, 0.05) is 30.8 Å². The molecule has 1 atom stereocenters. The molecule has 6 heteroatoms. The molecule has 0 radical (unpaired) electrons. The van der Waals surface area contributed by atoms with E-state index in [1.54, 1.807) is 0 Å². The fraction of sp³-hybridized carbons (Fsp3) is 0.240. The van der Waals surface area contributed by atoms with Crippen molar-refractivity contribution in [2.45, 2.75) is 18.8 Å². The van der Waals surface area contributed by atoms with Crippen molar-refractivity contribution in [1.29, 1.82) is 0 Å². The Kier molecular flexibility index (Phi) is 5.35. The average molecular weight is 412 g/mol. The number of rotatable bonds is 5. The molecule has 4 aromatic rings. The van der Waals surface area contributed by atoms with Gasteiger partial charge in [-0.15, -0.1) is 10.2 Å². The van der Waals surface area contributed by atoms with Gasteiger partial charge in [0.2, 0.25) is 0 Å². The molecule has 1 saturated heterocycles. The number of pyridine rings is 1. The maximum atomic E-state index is 13.0. The number of carbonyl (C=O) groups excluding carboxylic acids is 1. The van der Waals surface area contributed by atoms with E-state index in [0.29, 0.717) is 6.54 Å². The van der Waals surface area contributed by atoms with Crippen molar-refractivity contribution in [3.8, 4) is 16.9 Å². The van der Waals surface area contributed by atoms with E-state index in [4.69, 9.17) is 4.74 Å². The molecule has 0 saturated carbocycles. The fourth-order valence-electron chi connectivity index (χ4n) is 4.23. The highest BCUT2D eigenvalue weighted by molar-refractivity contribution is 5.78. The smallest absolute Gasteiger partial charge is 0.260 e. The average Bonchev–Trinajstić information content (AvgIpc) is 3.28. The van der Waals surface area contributed by atoms with Crippen LogP contribution in [-0.4, -0.2) is 45.1 Å². The first-order chi connectivity index (χ1) is 15.3. The SMILES string of the molecule is O=C(COc1ccccc1-c1ccccc1)N1CCC[C@@H](c2nnc3ccccn23)C1. The number of hydrogen-bond acceptors (Lipinski definition) is 4. The van der Waals surface area contributed by atoms with E-state index in [1.807, 2.05) is 88.3 Å². The summed E-state index contributed by atoms with van der Waals surface area (Å²) < 4.78 is 8.00. The molecule has 0 spiro atoms. The number of amides is 1. The number of para-hydroxylation sites is 1. The van der Waals surface area contributed by atoms with Crippen molar-refractivity contribution >= 4 is 11.6 Å². The van der Waals surface area contributed by atoms with E-state index >= 15 is 0 Å². The van der Waals surface area contributed by atoms with Gasteiger partial charge in [-0.05, 0) is 36.6 Å². The molecule has 1 amide bonds. The molecule has 6 nitrogen and oxygen atoms in total. The van der Waals surface area contributed by atoms with Crippen molar-refractivity contribution in [3.63, 3.8) is 0 Å². The van der Waals surface area contributed by atoms with Gasteiger partial charge in [0.05, 0.1) is 0 Å². The first kappa shape index (κ1) is 19.3. The van der Waals surface area contributed by atoms with Crippen molar-refractivity contribution in [2.75, 3.05) is 19.7 Å². The summed E-state index contributed by atoms with van der Waals surface area (Å²) in [6.45, 7) is 1.41. The zero-order chi connectivity index (χ0) is 21.0. The zero-order valence-corrected chi connectivity index (χ0v) is 17.2. The van der Waals surface area contributed by atoms with E-state index in [-0.39, 0.29) is 18.4 Å². The summed E-state index contributed by atoms with van der Waals surface area (Å²) in [5.41, 5.74) is 2.89. The van der Waals surface area contributed by atoms with Gasteiger partial charge in [-0.3, -0.25) is 9.20 Å². The molecule has 0 N–H and O–H groups in total. The highest BCUT2D eigenvalue weighted by Gasteiger charge is 2.28. The third kappa shape index (κ3) is 4.01. The predicted octanol–water partition coefficient (Wildman–Crippen LogP) is 4.18. The molecule has 0 unspecified atom stereocenters. The maximum absolute atomic E-state index is 13.0. The highest BCUT2D eigenvalue weighted by atomic mass is 16.5. The second kappa shape index (κ2) is 8.60. The van der Waals surface area contributed by atoms with Crippen molar-refractivity contribution in [3.05, 3.63) is 84.8 Å². The Morgan fingerprint density at radius 2 is 1.77 bits per heavy atom. The standard InChI is InChI=1S/C25H24N4O2/c30-24(18-31-22-13-5-4-12-21(22)19-9-2-1-3-10-19)28-15-8-11-20(17-28)25-27-26-23-14-6-7-16-29(23)25/h1-7,9-10,12-14,16,20H,8,11,15,17-18H2/t20-/m1/s1. The van der Waals surface area contributed by atoms with Crippen molar-refractivity contribution < 1.29 is 9.53 Å². The summed E-state index contributed by atoms with van der Waals surface area (Å²) in [5.74, 6) is 1.82. The summed E-state index contributed by atoms with van der Waals surface area (Å²) in [5, 5.41) is 8.66. The van der Waals surface area contributed by atoms with E-state index in [1.165, 1.54) is 0 Å². The van der Waals surface area contributed by atoms with Crippen LogP contribution in [0.15, 0.2) is 79.0 Å². The lowest BCUT2D eigenvalue weighted by Gasteiger charge is -2.32. The van der Waals surface area contributed by atoms with E-state index in [0.717, 1.165) is 47.7 Å². The van der Waals surface area contributed by atoms with E-state index in [9.17, 15) is 4.79 Å². The molecular formula is C25H24N4O2. The molecule has 1 aliphatic rings. The number of ether oxygens (including phenoxy) is 1. The fourth-order valence-corrected chi connectivity index (χ4v) is 4.23. The van der Waals surface area contributed by atoms with Gasteiger partial charge in [-0.2, -0.15) is 0 Å². The molecule has 2 aromatic heterocycles. The number of carbonyl (C=O) groups is 1. The number of fused-ring (bicyclic) bond motifs is 1. The van der Waals surface area contributed by atoms with Gasteiger partial charge < -0.3 is 9.64 Å². The third-order valence-electron chi connectivity index (χ3n) is 5.80. The monoisotopic (exact) mass is 412 g/mol. The quantitative estimate of drug-likeness (QED) is 0.493. The molecule has 0 bridgehead atoms. The first-order valence-electron chi connectivity index (χ1n) is 10.6. The normalized spacial score (nSPS) is 16.4. The predicted molar refractivity (Wildman–Crippen MR) is 119 cm³/mol. The minimum atomic E-state index is 0.00128. The second-order valence-corrected chi connectivity index (χ2v) is 7.82. The molecule has 156 valence electrons. The summed E-state index contributed by atoms with van der Waals surface area (Å²) in [7, 11) is 0. The Morgan fingerprint density at radius 1 is 0.968 bits per heavy atom. The van der Waals surface area contributed by atoms with Gasteiger partial charge in [0.1, 0.15) is 11.6 Å². The van der Waals surface area contributed by atoms with Gasteiger partial charge in [-0.1, -0.05) is 54.6 Å². The number of likely N-dealkylation sites (tertiary alicyclic amines) is 1. The van der Waals surface area contributed by atoms with Crippen LogP contribution in [0.3, 0.4) is 0 Å². The number of aromatic nitrogens is 3. The molecule has 2 aromatic carbocycles. The summed E-state index contributed by atoms with van der Waals surface area (Å²) in [6, 6.07) is 23.8. The summed E-state index contributed by atoms with van der Waals surface area (Å²) in [6.07, 6.45) is 3.92.